The third-order valence-corrected chi connectivity index (χ3v) is 2.38. The van der Waals surface area contributed by atoms with Crippen molar-refractivity contribution in [2.24, 2.45) is 0 Å². The van der Waals surface area contributed by atoms with Gasteiger partial charge in [-0.25, -0.2) is 0 Å². The van der Waals surface area contributed by atoms with Gasteiger partial charge in [-0.2, -0.15) is 0 Å². The number of carbonyl (C=O) groups is 1. The van der Waals surface area contributed by atoms with Gasteiger partial charge < -0.3 is 14.4 Å². The molecule has 0 spiro atoms. The molecule has 0 aliphatic carbocycles. The Morgan fingerprint density at radius 1 is 1.24 bits per heavy atom. The summed E-state index contributed by atoms with van der Waals surface area (Å²) in [7, 11) is 3.39. The molecule has 1 aromatic carbocycles. The molecule has 1 aromatic rings. The van der Waals surface area contributed by atoms with Gasteiger partial charge in [-0.3, -0.25) is 4.79 Å². The zero-order valence-electron chi connectivity index (χ0n) is 10.4. The molecule has 0 aromatic heterocycles. The first kappa shape index (κ1) is 13.5. The van der Waals surface area contributed by atoms with Crippen LogP contribution >= 0.6 is 0 Å². The molecule has 4 heteroatoms. The molecule has 17 heavy (non-hydrogen) atoms. The van der Waals surface area contributed by atoms with Crippen molar-refractivity contribution in [3.8, 4) is 5.75 Å². The van der Waals surface area contributed by atoms with E-state index in [-0.39, 0.29) is 5.91 Å². The minimum Gasteiger partial charge on any atom is -0.493 e. The maximum atomic E-state index is 11.6. The first-order chi connectivity index (χ1) is 8.24. The molecule has 0 atom stereocenters. The SMILES string of the molecule is COCCN(C)C(=O)CCOc1ccccc1. The van der Waals surface area contributed by atoms with Gasteiger partial charge in [-0.05, 0) is 12.1 Å². The number of hydrogen-bond donors (Lipinski definition) is 0. The zero-order chi connectivity index (χ0) is 12.5. The smallest absolute Gasteiger partial charge is 0.225 e. The van der Waals surface area contributed by atoms with Crippen LogP contribution in [-0.2, 0) is 9.53 Å². The average Bonchev–Trinajstić information content (AvgIpc) is 2.37. The number of rotatable bonds is 7. The molecule has 0 saturated heterocycles. The highest BCUT2D eigenvalue weighted by molar-refractivity contribution is 5.75. The van der Waals surface area contributed by atoms with Crippen molar-refractivity contribution in [3.05, 3.63) is 30.3 Å². The molecule has 4 nitrogen and oxygen atoms in total. The third kappa shape index (κ3) is 5.36. The molecule has 0 aliphatic heterocycles. The number of ether oxygens (including phenoxy) is 2. The molecular weight excluding hydrogens is 218 g/mol. The summed E-state index contributed by atoms with van der Waals surface area (Å²) in [5, 5.41) is 0. The zero-order valence-corrected chi connectivity index (χ0v) is 10.4. The van der Waals surface area contributed by atoms with Crippen molar-refractivity contribution in [3.63, 3.8) is 0 Å². The highest BCUT2D eigenvalue weighted by atomic mass is 16.5. The Kier molecular flexibility index (Phi) is 6.10. The summed E-state index contributed by atoms with van der Waals surface area (Å²) in [6.07, 6.45) is 0.384. The van der Waals surface area contributed by atoms with Gasteiger partial charge in [0.25, 0.3) is 0 Å². The third-order valence-electron chi connectivity index (χ3n) is 2.38. The predicted octanol–water partition coefficient (Wildman–Crippen LogP) is 1.56. The van der Waals surface area contributed by atoms with Crippen LogP contribution in [0.15, 0.2) is 30.3 Å². The molecule has 1 rings (SSSR count). The molecular formula is C13H19NO3. The van der Waals surface area contributed by atoms with Gasteiger partial charge in [0.15, 0.2) is 0 Å². The van der Waals surface area contributed by atoms with E-state index in [1.54, 1.807) is 19.1 Å². The number of methoxy groups -OCH3 is 1. The number of benzene rings is 1. The topological polar surface area (TPSA) is 38.8 Å². The van der Waals surface area contributed by atoms with E-state index >= 15 is 0 Å². The summed E-state index contributed by atoms with van der Waals surface area (Å²) in [4.78, 5) is 13.3. The van der Waals surface area contributed by atoms with Crippen LogP contribution in [0.4, 0.5) is 0 Å². The highest BCUT2D eigenvalue weighted by Crippen LogP contribution is 2.08. The first-order valence-electron chi connectivity index (χ1n) is 5.65. The average molecular weight is 237 g/mol. The molecule has 0 bridgehead atoms. The molecule has 0 N–H and O–H groups in total. The molecule has 1 amide bonds. The first-order valence-corrected chi connectivity index (χ1v) is 5.65. The van der Waals surface area contributed by atoms with Crippen LogP contribution in [0.25, 0.3) is 0 Å². The van der Waals surface area contributed by atoms with Gasteiger partial charge in [0.1, 0.15) is 5.75 Å². The van der Waals surface area contributed by atoms with Crippen molar-refractivity contribution >= 4 is 5.91 Å². The van der Waals surface area contributed by atoms with Gasteiger partial charge in [-0.1, -0.05) is 18.2 Å². The molecule has 0 fully saturated rings. The van der Waals surface area contributed by atoms with Crippen LogP contribution in [0, 0.1) is 0 Å². The van der Waals surface area contributed by atoms with Gasteiger partial charge >= 0.3 is 0 Å². The number of nitrogens with zero attached hydrogens (tertiary/aromatic N) is 1. The number of likely N-dealkylation sites (N-methyl/N-ethyl adjacent to an activating group) is 1. The molecule has 0 unspecified atom stereocenters. The van der Waals surface area contributed by atoms with Crippen molar-refractivity contribution < 1.29 is 14.3 Å². The van der Waals surface area contributed by atoms with E-state index < -0.39 is 0 Å². The summed E-state index contributed by atoms with van der Waals surface area (Å²) in [5.74, 6) is 0.859. The molecule has 0 radical (unpaired) electrons. The summed E-state index contributed by atoms with van der Waals surface area (Å²) >= 11 is 0. The molecule has 0 heterocycles. The van der Waals surface area contributed by atoms with Crippen LogP contribution in [0.1, 0.15) is 6.42 Å². The van der Waals surface area contributed by atoms with Gasteiger partial charge in [-0.15, -0.1) is 0 Å². The fourth-order valence-corrected chi connectivity index (χ4v) is 1.32. The second-order valence-corrected chi connectivity index (χ2v) is 3.72. The lowest BCUT2D eigenvalue weighted by molar-refractivity contribution is -0.130. The van der Waals surface area contributed by atoms with E-state index in [4.69, 9.17) is 9.47 Å². The number of carbonyl (C=O) groups excluding carboxylic acids is 1. The lowest BCUT2D eigenvalue weighted by atomic mass is 10.3. The van der Waals surface area contributed by atoms with Crippen molar-refractivity contribution in [1.82, 2.24) is 4.90 Å². The standard InChI is InChI=1S/C13H19NO3/c1-14(9-11-16-2)13(15)8-10-17-12-6-4-3-5-7-12/h3-7H,8-11H2,1-2H3. The summed E-state index contributed by atoms with van der Waals surface area (Å²) in [6.45, 7) is 1.57. The Hall–Kier alpha value is -1.55. The predicted molar refractivity (Wildman–Crippen MR) is 66.1 cm³/mol. The monoisotopic (exact) mass is 237 g/mol. The number of para-hydroxylation sites is 1. The number of amides is 1. The van der Waals surface area contributed by atoms with Crippen molar-refractivity contribution in [2.45, 2.75) is 6.42 Å². The maximum Gasteiger partial charge on any atom is 0.225 e. The Bertz CT molecular complexity index is 327. The van der Waals surface area contributed by atoms with Crippen LogP contribution in [0.5, 0.6) is 5.75 Å². The second-order valence-electron chi connectivity index (χ2n) is 3.72. The van der Waals surface area contributed by atoms with Crippen LogP contribution < -0.4 is 4.74 Å². The normalized spacial score (nSPS) is 10.0. The van der Waals surface area contributed by atoms with Crippen molar-refractivity contribution in [2.75, 3.05) is 33.9 Å². The Morgan fingerprint density at radius 3 is 2.59 bits per heavy atom. The minimum absolute atomic E-state index is 0.0676. The van der Waals surface area contributed by atoms with E-state index in [0.717, 1.165) is 5.75 Å². The Balaban J connectivity index is 2.20. The van der Waals surface area contributed by atoms with E-state index in [1.807, 2.05) is 30.3 Å². The second kappa shape index (κ2) is 7.68. The van der Waals surface area contributed by atoms with Gasteiger partial charge in [0, 0.05) is 20.7 Å². The van der Waals surface area contributed by atoms with E-state index in [0.29, 0.717) is 26.2 Å². The molecule has 94 valence electrons. The summed E-state index contributed by atoms with van der Waals surface area (Å²) in [6, 6.07) is 9.48. The van der Waals surface area contributed by atoms with E-state index in [9.17, 15) is 4.79 Å². The fourth-order valence-electron chi connectivity index (χ4n) is 1.32. The minimum atomic E-state index is 0.0676. The molecule has 0 saturated carbocycles. The summed E-state index contributed by atoms with van der Waals surface area (Å²) in [5.41, 5.74) is 0. The number of hydrogen-bond acceptors (Lipinski definition) is 3. The maximum absolute atomic E-state index is 11.6. The lowest BCUT2D eigenvalue weighted by Gasteiger charge is -2.16. The van der Waals surface area contributed by atoms with Gasteiger partial charge in [0.2, 0.25) is 5.91 Å². The van der Waals surface area contributed by atoms with E-state index in [1.165, 1.54) is 0 Å². The summed E-state index contributed by atoms with van der Waals surface area (Å²) < 4.78 is 10.4. The highest BCUT2D eigenvalue weighted by Gasteiger charge is 2.07. The Morgan fingerprint density at radius 2 is 1.94 bits per heavy atom. The van der Waals surface area contributed by atoms with Crippen LogP contribution in [0.3, 0.4) is 0 Å². The molecule has 0 aliphatic rings. The van der Waals surface area contributed by atoms with Gasteiger partial charge in [0.05, 0.1) is 19.6 Å². The quantitative estimate of drug-likeness (QED) is 0.722. The van der Waals surface area contributed by atoms with E-state index in [2.05, 4.69) is 0 Å². The largest absolute Gasteiger partial charge is 0.493 e. The van der Waals surface area contributed by atoms with Crippen LogP contribution in [-0.4, -0.2) is 44.7 Å². The fraction of sp³-hybridized carbons (Fsp3) is 0.462. The van der Waals surface area contributed by atoms with Crippen LogP contribution in [0.2, 0.25) is 0 Å². The lowest BCUT2D eigenvalue weighted by Crippen LogP contribution is -2.30. The Labute approximate surface area is 102 Å². The van der Waals surface area contributed by atoms with Crippen molar-refractivity contribution in [1.29, 1.82) is 0 Å².